The summed E-state index contributed by atoms with van der Waals surface area (Å²) in [4.78, 5) is 31.5. The van der Waals surface area contributed by atoms with Gasteiger partial charge in [-0.3, -0.25) is 14.5 Å². The first-order chi connectivity index (χ1) is 17.9. The molecule has 192 valence electrons. The van der Waals surface area contributed by atoms with E-state index in [0.717, 1.165) is 54.7 Å². The van der Waals surface area contributed by atoms with Gasteiger partial charge in [0.15, 0.2) is 0 Å². The Morgan fingerprint density at radius 3 is 2.30 bits per heavy atom. The van der Waals surface area contributed by atoms with Gasteiger partial charge in [0.25, 0.3) is 5.56 Å². The number of fused-ring (bicyclic) bond motifs is 1. The molecule has 5 rings (SSSR count). The highest BCUT2D eigenvalue weighted by Crippen LogP contribution is 2.27. The Morgan fingerprint density at radius 2 is 1.59 bits per heavy atom. The molecule has 0 spiro atoms. The molecule has 1 N–H and O–H groups in total. The first-order valence-electron chi connectivity index (χ1n) is 12.9. The highest BCUT2D eigenvalue weighted by atomic mass is 16.5. The van der Waals surface area contributed by atoms with Crippen LogP contribution in [0.2, 0.25) is 0 Å². The number of nitrogens with zero attached hydrogens (tertiary/aromatic N) is 3. The van der Waals surface area contributed by atoms with Gasteiger partial charge in [-0.1, -0.05) is 36.4 Å². The van der Waals surface area contributed by atoms with E-state index in [1.165, 1.54) is 11.1 Å². The van der Waals surface area contributed by atoms with E-state index in [9.17, 15) is 9.59 Å². The van der Waals surface area contributed by atoms with E-state index in [4.69, 9.17) is 4.74 Å². The molecular weight excluding hydrogens is 464 g/mol. The molecule has 1 aliphatic rings. The number of likely N-dealkylation sites (N-methyl/N-ethyl adjacent to an activating group) is 1. The van der Waals surface area contributed by atoms with Crippen LogP contribution < -0.4 is 10.3 Å². The number of pyridine rings is 1. The Balaban J connectivity index is 1.14. The van der Waals surface area contributed by atoms with E-state index in [1.807, 2.05) is 44.6 Å². The molecule has 0 bridgehead atoms. The van der Waals surface area contributed by atoms with E-state index in [-0.39, 0.29) is 17.5 Å². The summed E-state index contributed by atoms with van der Waals surface area (Å²) in [5, 5.41) is 0.949. The van der Waals surface area contributed by atoms with Gasteiger partial charge in [-0.15, -0.1) is 0 Å². The lowest BCUT2D eigenvalue weighted by Crippen LogP contribution is -2.55. The number of carbonyl (C=O) groups is 1. The fraction of sp³-hybridized carbons (Fsp3) is 0.333. The summed E-state index contributed by atoms with van der Waals surface area (Å²) in [6.45, 7) is 4.93. The van der Waals surface area contributed by atoms with Crippen molar-refractivity contribution in [2.45, 2.75) is 25.8 Å². The maximum absolute atomic E-state index is 12.3. The molecule has 2 aromatic heterocycles. The second-order valence-electron chi connectivity index (χ2n) is 9.89. The van der Waals surface area contributed by atoms with Crippen molar-refractivity contribution in [1.82, 2.24) is 19.4 Å². The van der Waals surface area contributed by atoms with Crippen LogP contribution in [0.1, 0.15) is 18.1 Å². The minimum Gasteiger partial charge on any atom is -0.492 e. The molecule has 0 aliphatic carbocycles. The molecule has 1 amide bonds. The van der Waals surface area contributed by atoms with Gasteiger partial charge in [0.2, 0.25) is 5.91 Å². The van der Waals surface area contributed by atoms with Crippen LogP contribution >= 0.6 is 0 Å². The zero-order valence-electron chi connectivity index (χ0n) is 21.7. The molecule has 0 unspecified atom stereocenters. The SMILES string of the molecule is C[C@@H]1C(=O)N(C)CCN1CCOc1ccc(CCc2ccc(-c3cn(C)c(=O)c4[nH]ccc34)cc2)cc1. The number of amides is 1. The number of carbonyl (C=O) groups excluding carboxylic acids is 1. The van der Waals surface area contributed by atoms with Crippen molar-refractivity contribution in [3.63, 3.8) is 0 Å². The summed E-state index contributed by atoms with van der Waals surface area (Å²) in [6, 6.07) is 18.8. The normalized spacial score (nSPS) is 16.5. The van der Waals surface area contributed by atoms with Gasteiger partial charge in [-0.2, -0.15) is 0 Å². The van der Waals surface area contributed by atoms with Crippen molar-refractivity contribution in [3.05, 3.63) is 88.5 Å². The minimum absolute atomic E-state index is 0.0158. The molecule has 1 saturated heterocycles. The van der Waals surface area contributed by atoms with Crippen LogP contribution in [0.25, 0.3) is 22.0 Å². The summed E-state index contributed by atoms with van der Waals surface area (Å²) in [5.74, 6) is 1.03. The van der Waals surface area contributed by atoms with Gasteiger partial charge in [0, 0.05) is 57.1 Å². The summed E-state index contributed by atoms with van der Waals surface area (Å²) < 4.78 is 7.57. The van der Waals surface area contributed by atoms with E-state index in [2.05, 4.69) is 46.3 Å². The lowest BCUT2D eigenvalue weighted by atomic mass is 9.99. The third-order valence-electron chi connectivity index (χ3n) is 7.44. The lowest BCUT2D eigenvalue weighted by Gasteiger charge is -2.37. The third-order valence-corrected chi connectivity index (χ3v) is 7.44. The summed E-state index contributed by atoms with van der Waals surface area (Å²) in [7, 11) is 3.65. The largest absolute Gasteiger partial charge is 0.492 e. The predicted molar refractivity (Wildman–Crippen MR) is 147 cm³/mol. The standard InChI is InChI=1S/C30H34N4O3/c1-21-29(35)32(2)16-17-34(21)18-19-37-25-12-8-23(9-13-25)5-4-22-6-10-24(11-7-22)27-20-33(3)30(36)28-26(27)14-15-31-28/h6-15,20-21,31H,4-5,16-19H2,1-3H3/t21-/m1/s1. The second kappa shape index (κ2) is 10.6. The Labute approximate surface area is 217 Å². The van der Waals surface area contributed by atoms with Crippen molar-refractivity contribution in [3.8, 4) is 16.9 Å². The fourth-order valence-electron chi connectivity index (χ4n) is 5.03. The number of ether oxygens (including phenoxy) is 1. The molecule has 4 aromatic rings. The van der Waals surface area contributed by atoms with Gasteiger partial charge < -0.3 is 19.2 Å². The maximum atomic E-state index is 12.3. The Morgan fingerprint density at radius 1 is 0.919 bits per heavy atom. The van der Waals surface area contributed by atoms with Crippen LogP contribution in [0.3, 0.4) is 0 Å². The number of aromatic amines is 1. The molecule has 1 aliphatic heterocycles. The monoisotopic (exact) mass is 498 g/mol. The smallest absolute Gasteiger partial charge is 0.274 e. The molecule has 0 radical (unpaired) electrons. The number of aromatic nitrogens is 2. The number of benzene rings is 2. The number of nitrogens with one attached hydrogen (secondary N) is 1. The average Bonchev–Trinajstić information content (AvgIpc) is 3.41. The van der Waals surface area contributed by atoms with E-state index < -0.39 is 0 Å². The summed E-state index contributed by atoms with van der Waals surface area (Å²) >= 11 is 0. The molecule has 7 nitrogen and oxygen atoms in total. The zero-order chi connectivity index (χ0) is 25.9. The van der Waals surface area contributed by atoms with Crippen LogP contribution in [-0.4, -0.2) is 64.6 Å². The average molecular weight is 499 g/mol. The van der Waals surface area contributed by atoms with Crippen LogP contribution in [-0.2, 0) is 24.7 Å². The zero-order valence-corrected chi connectivity index (χ0v) is 21.7. The third kappa shape index (κ3) is 5.32. The topological polar surface area (TPSA) is 70.6 Å². The van der Waals surface area contributed by atoms with E-state index in [1.54, 1.807) is 16.5 Å². The lowest BCUT2D eigenvalue weighted by molar-refractivity contribution is -0.139. The van der Waals surface area contributed by atoms with Crippen LogP contribution in [0.15, 0.2) is 71.8 Å². The van der Waals surface area contributed by atoms with Crippen molar-refractivity contribution >= 4 is 16.8 Å². The highest BCUT2D eigenvalue weighted by molar-refractivity contribution is 5.94. The van der Waals surface area contributed by atoms with Gasteiger partial charge >= 0.3 is 0 Å². The van der Waals surface area contributed by atoms with Crippen LogP contribution in [0, 0.1) is 0 Å². The van der Waals surface area contributed by atoms with Gasteiger partial charge in [0.1, 0.15) is 17.9 Å². The number of aryl methyl sites for hydroxylation is 3. The van der Waals surface area contributed by atoms with Gasteiger partial charge in [0.05, 0.1) is 6.04 Å². The summed E-state index contributed by atoms with van der Waals surface area (Å²) in [6.07, 6.45) is 5.61. The van der Waals surface area contributed by atoms with Gasteiger partial charge in [-0.25, -0.2) is 0 Å². The Bertz CT molecular complexity index is 1440. The van der Waals surface area contributed by atoms with Crippen molar-refractivity contribution in [1.29, 1.82) is 0 Å². The molecular formula is C30H34N4O3. The van der Waals surface area contributed by atoms with Crippen LogP contribution in [0.4, 0.5) is 0 Å². The minimum atomic E-state index is -0.0881. The molecule has 1 atom stereocenters. The molecule has 37 heavy (non-hydrogen) atoms. The van der Waals surface area contributed by atoms with E-state index in [0.29, 0.717) is 12.1 Å². The maximum Gasteiger partial charge on any atom is 0.274 e. The van der Waals surface area contributed by atoms with Crippen molar-refractivity contribution < 1.29 is 9.53 Å². The Kier molecular flexibility index (Phi) is 7.15. The van der Waals surface area contributed by atoms with E-state index >= 15 is 0 Å². The second-order valence-corrected chi connectivity index (χ2v) is 9.89. The molecule has 1 fully saturated rings. The number of hydrogen-bond acceptors (Lipinski definition) is 4. The fourth-order valence-corrected chi connectivity index (χ4v) is 5.03. The first-order valence-corrected chi connectivity index (χ1v) is 12.9. The number of hydrogen-bond donors (Lipinski definition) is 1. The Hall–Kier alpha value is -3.84. The first kappa shape index (κ1) is 24.8. The quantitative estimate of drug-likeness (QED) is 0.401. The molecule has 0 saturated carbocycles. The number of rotatable bonds is 8. The van der Waals surface area contributed by atoms with Gasteiger partial charge in [-0.05, 0) is 54.7 Å². The number of H-pyrrole nitrogens is 1. The summed E-state index contributed by atoms with van der Waals surface area (Å²) in [5.41, 5.74) is 5.31. The molecule has 2 aromatic carbocycles. The molecule has 3 heterocycles. The highest BCUT2D eigenvalue weighted by Gasteiger charge is 2.28. The van der Waals surface area contributed by atoms with Crippen LogP contribution in [0.5, 0.6) is 5.75 Å². The predicted octanol–water partition coefficient (Wildman–Crippen LogP) is 3.86. The van der Waals surface area contributed by atoms with Crippen molar-refractivity contribution in [2.24, 2.45) is 7.05 Å². The van der Waals surface area contributed by atoms with Crippen molar-refractivity contribution in [2.75, 3.05) is 33.3 Å². The number of piperazine rings is 1. The molecule has 7 heteroatoms.